The van der Waals surface area contributed by atoms with Gasteiger partial charge in [-0.2, -0.15) is 0 Å². The lowest BCUT2D eigenvalue weighted by Crippen LogP contribution is -2.47. The van der Waals surface area contributed by atoms with Gasteiger partial charge in [0.05, 0.1) is 6.10 Å². The smallest absolute Gasteiger partial charge is 0.193 e. The van der Waals surface area contributed by atoms with Gasteiger partial charge < -0.3 is 24.6 Å². The van der Waals surface area contributed by atoms with E-state index in [2.05, 4.69) is 29.0 Å². The van der Waals surface area contributed by atoms with E-state index in [-0.39, 0.29) is 0 Å². The predicted molar refractivity (Wildman–Crippen MR) is 117 cm³/mol. The Balaban J connectivity index is 1.64. The Labute approximate surface area is 173 Å². The summed E-state index contributed by atoms with van der Waals surface area (Å²) < 4.78 is 11.1. The Bertz CT molecular complexity index is 425. The van der Waals surface area contributed by atoms with Gasteiger partial charge in [0.25, 0.3) is 0 Å². The Morgan fingerprint density at radius 3 is 2.57 bits per heavy atom. The number of rotatable bonds is 11. The van der Waals surface area contributed by atoms with Crippen LogP contribution in [0.25, 0.3) is 0 Å². The first-order valence-electron chi connectivity index (χ1n) is 11.6. The van der Waals surface area contributed by atoms with Gasteiger partial charge in [0.15, 0.2) is 5.96 Å². The molecular weight excluding hydrogens is 352 g/mol. The molecule has 0 spiro atoms. The van der Waals surface area contributed by atoms with Crippen LogP contribution >= 0.6 is 0 Å². The van der Waals surface area contributed by atoms with Crippen molar-refractivity contribution in [2.75, 3.05) is 59.6 Å². The van der Waals surface area contributed by atoms with Crippen molar-refractivity contribution in [3.05, 3.63) is 0 Å². The lowest BCUT2D eigenvalue weighted by Gasteiger charge is -2.34. The molecule has 0 bridgehead atoms. The van der Waals surface area contributed by atoms with Crippen LogP contribution in [0.4, 0.5) is 0 Å². The van der Waals surface area contributed by atoms with Gasteiger partial charge in [0, 0.05) is 52.5 Å². The maximum atomic E-state index is 5.98. The maximum Gasteiger partial charge on any atom is 0.193 e. The lowest BCUT2D eigenvalue weighted by atomic mass is 10.0. The van der Waals surface area contributed by atoms with Crippen LogP contribution in [0.1, 0.15) is 65.2 Å². The largest absolute Gasteiger partial charge is 0.385 e. The van der Waals surface area contributed by atoms with Crippen molar-refractivity contribution in [2.45, 2.75) is 77.4 Å². The van der Waals surface area contributed by atoms with Gasteiger partial charge in [-0.3, -0.25) is 4.99 Å². The third-order valence-electron chi connectivity index (χ3n) is 5.98. The van der Waals surface area contributed by atoms with Crippen LogP contribution in [0.3, 0.4) is 0 Å². The van der Waals surface area contributed by atoms with E-state index in [0.717, 1.165) is 70.7 Å². The number of aliphatic imine (C=N–C) groups is 1. The molecule has 1 atom stereocenters. The minimum Gasteiger partial charge on any atom is -0.385 e. The van der Waals surface area contributed by atoms with Crippen LogP contribution in [0.15, 0.2) is 4.99 Å². The van der Waals surface area contributed by atoms with Crippen LogP contribution < -0.4 is 5.32 Å². The summed E-state index contributed by atoms with van der Waals surface area (Å²) in [6, 6.07) is 0.771. The molecule has 1 N–H and O–H groups in total. The van der Waals surface area contributed by atoms with Gasteiger partial charge in [-0.15, -0.1) is 0 Å². The topological polar surface area (TPSA) is 49.3 Å². The van der Waals surface area contributed by atoms with Crippen molar-refractivity contribution < 1.29 is 9.47 Å². The van der Waals surface area contributed by atoms with E-state index in [1.165, 1.54) is 45.2 Å². The van der Waals surface area contributed by atoms with E-state index in [4.69, 9.17) is 14.5 Å². The number of ether oxygens (including phenoxy) is 2. The van der Waals surface area contributed by atoms with Crippen molar-refractivity contribution >= 4 is 5.96 Å². The van der Waals surface area contributed by atoms with Crippen LogP contribution in [0.2, 0.25) is 0 Å². The van der Waals surface area contributed by atoms with Crippen molar-refractivity contribution in [3.8, 4) is 0 Å². The van der Waals surface area contributed by atoms with Crippen LogP contribution in [-0.2, 0) is 9.47 Å². The molecule has 6 nitrogen and oxygen atoms in total. The van der Waals surface area contributed by atoms with Crippen LogP contribution in [0.5, 0.6) is 0 Å². The van der Waals surface area contributed by atoms with E-state index >= 15 is 0 Å². The van der Waals surface area contributed by atoms with E-state index in [0.29, 0.717) is 6.10 Å². The third kappa shape index (κ3) is 8.66. The Morgan fingerprint density at radius 2 is 1.86 bits per heavy atom. The van der Waals surface area contributed by atoms with Crippen LogP contribution in [0, 0.1) is 0 Å². The summed E-state index contributed by atoms with van der Waals surface area (Å²) in [5.41, 5.74) is 0. The number of unbranched alkanes of at least 4 members (excludes halogenated alkanes) is 1. The van der Waals surface area contributed by atoms with Gasteiger partial charge >= 0.3 is 0 Å². The van der Waals surface area contributed by atoms with Gasteiger partial charge in [0.2, 0.25) is 0 Å². The summed E-state index contributed by atoms with van der Waals surface area (Å²) in [5, 5.41) is 3.48. The van der Waals surface area contributed by atoms with Crippen molar-refractivity contribution in [1.82, 2.24) is 15.1 Å². The summed E-state index contributed by atoms with van der Waals surface area (Å²) >= 11 is 0. The van der Waals surface area contributed by atoms with E-state index in [9.17, 15) is 0 Å². The van der Waals surface area contributed by atoms with E-state index in [1.807, 2.05) is 0 Å². The van der Waals surface area contributed by atoms with Gasteiger partial charge in [0.1, 0.15) is 0 Å². The van der Waals surface area contributed by atoms with Crippen LogP contribution in [-0.4, -0.2) is 87.5 Å². The van der Waals surface area contributed by atoms with Crippen molar-refractivity contribution in [1.29, 1.82) is 0 Å². The maximum absolute atomic E-state index is 5.98. The average molecular weight is 397 g/mol. The highest BCUT2D eigenvalue weighted by molar-refractivity contribution is 5.80. The molecule has 2 heterocycles. The number of hydrogen-bond acceptors (Lipinski definition) is 4. The van der Waals surface area contributed by atoms with Gasteiger partial charge in [-0.05, 0) is 71.9 Å². The molecule has 0 aromatic heterocycles. The summed E-state index contributed by atoms with van der Waals surface area (Å²) in [4.78, 5) is 9.98. The predicted octanol–water partition coefficient (Wildman–Crippen LogP) is 3.12. The zero-order valence-corrected chi connectivity index (χ0v) is 18.6. The first kappa shape index (κ1) is 23.4. The zero-order valence-electron chi connectivity index (χ0n) is 18.6. The Kier molecular flexibility index (Phi) is 11.9. The highest BCUT2D eigenvalue weighted by Crippen LogP contribution is 2.17. The molecular formula is C22H44N4O2. The molecule has 0 aromatic carbocycles. The number of hydrogen-bond donors (Lipinski definition) is 1. The minimum atomic E-state index is 0.391. The Morgan fingerprint density at radius 1 is 1.04 bits per heavy atom. The SMILES string of the molecule is CCNC(=NCCCCN1CCCCC1C)N1CCC(OCCCOC)CC1. The molecule has 0 saturated carbocycles. The lowest BCUT2D eigenvalue weighted by molar-refractivity contribution is 0.00990. The molecule has 0 radical (unpaired) electrons. The number of nitrogens with zero attached hydrogens (tertiary/aromatic N) is 3. The standard InChI is InChI=1S/C22H44N4O2/c1-4-23-22(24-13-6-8-15-25-14-7-5-10-20(25)2)26-16-11-21(12-17-26)28-19-9-18-27-3/h20-21H,4-19H2,1-3H3,(H,23,24). The molecule has 0 amide bonds. The fraction of sp³-hybridized carbons (Fsp3) is 0.955. The molecule has 2 aliphatic heterocycles. The molecule has 1 unspecified atom stereocenters. The second kappa shape index (κ2) is 14.2. The summed E-state index contributed by atoms with van der Waals surface area (Å²) in [6.07, 6.45) is 10.1. The molecule has 0 aromatic rings. The molecule has 2 aliphatic rings. The first-order chi connectivity index (χ1) is 13.7. The average Bonchev–Trinajstić information content (AvgIpc) is 2.72. The Hall–Kier alpha value is -0.850. The summed E-state index contributed by atoms with van der Waals surface area (Å²) in [5.74, 6) is 1.09. The van der Waals surface area contributed by atoms with E-state index < -0.39 is 0 Å². The third-order valence-corrected chi connectivity index (χ3v) is 5.98. The highest BCUT2D eigenvalue weighted by atomic mass is 16.5. The summed E-state index contributed by atoms with van der Waals surface area (Å²) in [7, 11) is 1.74. The molecule has 2 rings (SSSR count). The molecule has 2 fully saturated rings. The first-order valence-corrected chi connectivity index (χ1v) is 11.6. The molecule has 164 valence electrons. The number of nitrogens with one attached hydrogen (secondary N) is 1. The second-order valence-electron chi connectivity index (χ2n) is 8.23. The highest BCUT2D eigenvalue weighted by Gasteiger charge is 2.22. The molecule has 0 aliphatic carbocycles. The fourth-order valence-electron chi connectivity index (χ4n) is 4.21. The monoisotopic (exact) mass is 396 g/mol. The minimum absolute atomic E-state index is 0.391. The van der Waals surface area contributed by atoms with Gasteiger partial charge in [-0.1, -0.05) is 6.42 Å². The normalized spacial score (nSPS) is 22.6. The quantitative estimate of drug-likeness (QED) is 0.330. The number of likely N-dealkylation sites (tertiary alicyclic amines) is 2. The zero-order chi connectivity index (χ0) is 20.0. The fourth-order valence-corrected chi connectivity index (χ4v) is 4.21. The molecule has 6 heteroatoms. The van der Waals surface area contributed by atoms with Crippen molar-refractivity contribution in [2.24, 2.45) is 4.99 Å². The number of methoxy groups -OCH3 is 1. The van der Waals surface area contributed by atoms with Gasteiger partial charge in [-0.25, -0.2) is 0 Å². The number of piperidine rings is 2. The molecule has 28 heavy (non-hydrogen) atoms. The summed E-state index contributed by atoms with van der Waals surface area (Å²) in [6.45, 7) is 12.6. The van der Waals surface area contributed by atoms with Crippen molar-refractivity contribution in [3.63, 3.8) is 0 Å². The van der Waals surface area contributed by atoms with E-state index in [1.54, 1.807) is 7.11 Å². The number of guanidine groups is 1. The molecule has 2 saturated heterocycles. The second-order valence-corrected chi connectivity index (χ2v) is 8.23.